The maximum absolute atomic E-state index is 12.2. The van der Waals surface area contributed by atoms with Crippen LogP contribution in [0.4, 0.5) is 13.2 Å². The lowest BCUT2D eigenvalue weighted by Crippen LogP contribution is -2.44. The van der Waals surface area contributed by atoms with E-state index in [1.54, 1.807) is 13.1 Å². The van der Waals surface area contributed by atoms with E-state index in [9.17, 15) is 18.0 Å². The number of rotatable bonds is 5. The van der Waals surface area contributed by atoms with Crippen molar-refractivity contribution in [2.45, 2.75) is 25.4 Å². The molecule has 0 aromatic heterocycles. The Kier molecular flexibility index (Phi) is 5.84. The van der Waals surface area contributed by atoms with E-state index in [1.165, 1.54) is 23.1 Å². The Balaban J connectivity index is 1.89. The van der Waals surface area contributed by atoms with Crippen molar-refractivity contribution in [1.82, 2.24) is 10.2 Å². The SMILES string of the molecule is CN(Cc1cccc(OC(F)(F)F)c1)C(=O)CC1COCCN1. The van der Waals surface area contributed by atoms with Crippen molar-refractivity contribution in [2.75, 3.05) is 26.8 Å². The first-order chi connectivity index (χ1) is 10.8. The minimum absolute atomic E-state index is 0.0291. The molecule has 0 radical (unpaired) electrons. The van der Waals surface area contributed by atoms with Crippen LogP contribution in [-0.2, 0) is 16.1 Å². The lowest BCUT2D eigenvalue weighted by molar-refractivity contribution is -0.274. The molecule has 1 aliphatic heterocycles. The fourth-order valence-electron chi connectivity index (χ4n) is 2.32. The van der Waals surface area contributed by atoms with Crippen LogP contribution in [0.2, 0.25) is 0 Å². The molecule has 0 bridgehead atoms. The highest BCUT2D eigenvalue weighted by atomic mass is 19.4. The van der Waals surface area contributed by atoms with E-state index in [0.717, 1.165) is 0 Å². The van der Waals surface area contributed by atoms with Gasteiger partial charge in [-0.2, -0.15) is 0 Å². The number of amides is 1. The number of hydrogen-bond donors (Lipinski definition) is 1. The second-order valence-electron chi connectivity index (χ2n) is 5.38. The largest absolute Gasteiger partial charge is 0.573 e. The molecular formula is C15H19F3N2O3. The molecular weight excluding hydrogens is 313 g/mol. The van der Waals surface area contributed by atoms with Crippen molar-refractivity contribution in [3.05, 3.63) is 29.8 Å². The smallest absolute Gasteiger partial charge is 0.406 e. The van der Waals surface area contributed by atoms with Crippen LogP contribution < -0.4 is 10.1 Å². The summed E-state index contributed by atoms with van der Waals surface area (Å²) in [5.74, 6) is -0.395. The molecule has 0 saturated carbocycles. The molecule has 1 aromatic carbocycles. The summed E-state index contributed by atoms with van der Waals surface area (Å²) in [5, 5.41) is 3.19. The van der Waals surface area contributed by atoms with Gasteiger partial charge in [-0.05, 0) is 17.7 Å². The first-order valence-electron chi connectivity index (χ1n) is 7.23. The van der Waals surface area contributed by atoms with Gasteiger partial charge in [0.15, 0.2) is 0 Å². The van der Waals surface area contributed by atoms with Crippen molar-refractivity contribution < 1.29 is 27.4 Å². The summed E-state index contributed by atoms with van der Waals surface area (Å²) in [6.45, 7) is 2.03. The molecule has 5 nitrogen and oxygen atoms in total. The maximum atomic E-state index is 12.2. The third-order valence-corrected chi connectivity index (χ3v) is 3.40. The number of nitrogens with zero attached hydrogens (tertiary/aromatic N) is 1. The van der Waals surface area contributed by atoms with Crippen LogP contribution in [0.3, 0.4) is 0 Å². The highest BCUT2D eigenvalue weighted by Crippen LogP contribution is 2.23. The molecule has 128 valence electrons. The molecule has 1 heterocycles. The van der Waals surface area contributed by atoms with Crippen molar-refractivity contribution in [3.63, 3.8) is 0 Å². The molecule has 1 atom stereocenters. The monoisotopic (exact) mass is 332 g/mol. The number of carbonyl (C=O) groups excluding carboxylic acids is 1. The fraction of sp³-hybridized carbons (Fsp3) is 0.533. The third-order valence-electron chi connectivity index (χ3n) is 3.40. The second-order valence-corrected chi connectivity index (χ2v) is 5.38. The molecule has 8 heteroatoms. The van der Waals surface area contributed by atoms with Gasteiger partial charge in [0.1, 0.15) is 5.75 Å². The lowest BCUT2D eigenvalue weighted by atomic mass is 10.1. The quantitative estimate of drug-likeness (QED) is 0.895. The predicted molar refractivity (Wildman–Crippen MR) is 76.8 cm³/mol. The van der Waals surface area contributed by atoms with Crippen molar-refractivity contribution in [2.24, 2.45) is 0 Å². The van der Waals surface area contributed by atoms with Gasteiger partial charge in [0.05, 0.1) is 13.2 Å². The van der Waals surface area contributed by atoms with Crippen LogP contribution in [-0.4, -0.2) is 50.0 Å². The molecule has 0 aliphatic carbocycles. The standard InChI is InChI=1S/C15H19F3N2O3/c1-20(14(21)8-12-10-22-6-5-19-12)9-11-3-2-4-13(7-11)23-15(16,17)18/h2-4,7,12,19H,5-6,8-10H2,1H3. The van der Waals surface area contributed by atoms with Crippen LogP contribution >= 0.6 is 0 Å². The van der Waals surface area contributed by atoms with Gasteiger partial charge >= 0.3 is 6.36 Å². The number of hydrogen-bond acceptors (Lipinski definition) is 4. The van der Waals surface area contributed by atoms with E-state index in [0.29, 0.717) is 25.3 Å². The number of halogens is 3. The minimum Gasteiger partial charge on any atom is -0.406 e. The summed E-state index contributed by atoms with van der Waals surface area (Å²) in [4.78, 5) is 13.6. The first kappa shape index (κ1) is 17.6. The van der Waals surface area contributed by atoms with Crippen molar-refractivity contribution >= 4 is 5.91 Å². The Bertz CT molecular complexity index is 531. The van der Waals surface area contributed by atoms with E-state index in [2.05, 4.69) is 10.1 Å². The van der Waals surface area contributed by atoms with Crippen LogP contribution in [0, 0.1) is 0 Å². The number of carbonyl (C=O) groups is 1. The average Bonchev–Trinajstić information content (AvgIpc) is 2.46. The summed E-state index contributed by atoms with van der Waals surface area (Å²) in [5.41, 5.74) is 0.565. The second kappa shape index (κ2) is 7.65. The molecule has 0 spiro atoms. The Morgan fingerprint density at radius 2 is 2.26 bits per heavy atom. The highest BCUT2D eigenvalue weighted by molar-refractivity contribution is 5.76. The number of nitrogens with one attached hydrogen (secondary N) is 1. The van der Waals surface area contributed by atoms with Gasteiger partial charge in [-0.1, -0.05) is 12.1 Å². The minimum atomic E-state index is -4.73. The van der Waals surface area contributed by atoms with Crippen molar-refractivity contribution in [3.8, 4) is 5.75 Å². The zero-order valence-electron chi connectivity index (χ0n) is 12.7. The lowest BCUT2D eigenvalue weighted by Gasteiger charge is -2.25. The van der Waals surface area contributed by atoms with Gasteiger partial charge in [0.2, 0.25) is 5.91 Å². The number of morpholine rings is 1. The van der Waals surface area contributed by atoms with Gasteiger partial charge < -0.3 is 19.7 Å². The molecule has 23 heavy (non-hydrogen) atoms. The Morgan fingerprint density at radius 1 is 1.48 bits per heavy atom. The summed E-state index contributed by atoms with van der Waals surface area (Å²) >= 11 is 0. The summed E-state index contributed by atoms with van der Waals surface area (Å²) in [6, 6.07) is 5.58. The normalized spacial score (nSPS) is 18.5. The molecule has 1 saturated heterocycles. The van der Waals surface area contributed by atoms with Gasteiger partial charge in [0, 0.05) is 32.6 Å². The third kappa shape index (κ3) is 6.07. The Morgan fingerprint density at radius 3 is 2.91 bits per heavy atom. The fourth-order valence-corrected chi connectivity index (χ4v) is 2.32. The molecule has 1 fully saturated rings. The summed E-state index contributed by atoms with van der Waals surface area (Å²) in [7, 11) is 1.61. The molecule has 1 unspecified atom stereocenters. The van der Waals surface area contributed by atoms with E-state index in [-0.39, 0.29) is 30.7 Å². The summed E-state index contributed by atoms with van der Waals surface area (Å²) in [6.07, 6.45) is -4.44. The number of ether oxygens (including phenoxy) is 2. The predicted octanol–water partition coefficient (Wildman–Crippen LogP) is 1.92. The molecule has 1 N–H and O–H groups in total. The average molecular weight is 332 g/mol. The van der Waals surface area contributed by atoms with E-state index in [4.69, 9.17) is 4.74 Å². The van der Waals surface area contributed by atoms with Gasteiger partial charge in [0.25, 0.3) is 0 Å². The zero-order chi connectivity index (χ0) is 16.9. The number of benzene rings is 1. The van der Waals surface area contributed by atoms with Crippen molar-refractivity contribution in [1.29, 1.82) is 0 Å². The van der Waals surface area contributed by atoms with Crippen LogP contribution in [0.25, 0.3) is 0 Å². The van der Waals surface area contributed by atoms with E-state index < -0.39 is 6.36 Å². The van der Waals surface area contributed by atoms with Gasteiger partial charge in [-0.3, -0.25) is 4.79 Å². The Labute approximate surface area is 132 Å². The molecule has 1 aromatic rings. The summed E-state index contributed by atoms with van der Waals surface area (Å²) < 4.78 is 45.8. The maximum Gasteiger partial charge on any atom is 0.573 e. The highest BCUT2D eigenvalue weighted by Gasteiger charge is 2.31. The van der Waals surface area contributed by atoms with Crippen LogP contribution in [0.5, 0.6) is 5.75 Å². The van der Waals surface area contributed by atoms with E-state index >= 15 is 0 Å². The number of alkyl halides is 3. The van der Waals surface area contributed by atoms with Gasteiger partial charge in [-0.15, -0.1) is 13.2 Å². The topological polar surface area (TPSA) is 50.8 Å². The van der Waals surface area contributed by atoms with E-state index in [1.807, 2.05) is 0 Å². The molecule has 2 rings (SSSR count). The van der Waals surface area contributed by atoms with Crippen LogP contribution in [0.1, 0.15) is 12.0 Å². The van der Waals surface area contributed by atoms with Crippen LogP contribution in [0.15, 0.2) is 24.3 Å². The first-order valence-corrected chi connectivity index (χ1v) is 7.23. The molecule has 1 aliphatic rings. The van der Waals surface area contributed by atoms with Gasteiger partial charge in [-0.25, -0.2) is 0 Å². The Hall–Kier alpha value is -1.80. The zero-order valence-corrected chi connectivity index (χ0v) is 12.7. The molecule has 1 amide bonds.